The van der Waals surface area contributed by atoms with E-state index in [1.165, 1.54) is 12.8 Å². The summed E-state index contributed by atoms with van der Waals surface area (Å²) in [5.74, 6) is 0.498. The van der Waals surface area contributed by atoms with Gasteiger partial charge in [0.2, 0.25) is 5.91 Å². The standard InChI is InChI=1S/C12H22N2O/c1-11(2)7-9(11)10(15)13-8-12(3)5-4-6-14-12/h9,14H,4-8H2,1-3H3,(H,13,15). The van der Waals surface area contributed by atoms with Gasteiger partial charge in [0.15, 0.2) is 0 Å². The van der Waals surface area contributed by atoms with Gasteiger partial charge in [-0.05, 0) is 38.1 Å². The van der Waals surface area contributed by atoms with Gasteiger partial charge in [-0.25, -0.2) is 0 Å². The first-order valence-corrected chi connectivity index (χ1v) is 5.96. The van der Waals surface area contributed by atoms with Gasteiger partial charge in [-0.1, -0.05) is 13.8 Å². The van der Waals surface area contributed by atoms with E-state index in [1.54, 1.807) is 0 Å². The zero-order valence-corrected chi connectivity index (χ0v) is 10.0. The molecule has 0 aromatic rings. The molecule has 15 heavy (non-hydrogen) atoms. The Balaban J connectivity index is 1.76. The molecule has 0 radical (unpaired) electrons. The Morgan fingerprint density at radius 3 is 2.60 bits per heavy atom. The largest absolute Gasteiger partial charge is 0.354 e. The lowest BCUT2D eigenvalue weighted by Gasteiger charge is -2.24. The molecule has 1 saturated carbocycles. The predicted octanol–water partition coefficient (Wildman–Crippen LogP) is 1.29. The maximum atomic E-state index is 11.8. The minimum Gasteiger partial charge on any atom is -0.354 e. The number of amides is 1. The van der Waals surface area contributed by atoms with Crippen LogP contribution in [0.5, 0.6) is 0 Å². The number of nitrogens with one attached hydrogen (secondary N) is 2. The third-order valence-corrected chi connectivity index (χ3v) is 3.94. The van der Waals surface area contributed by atoms with E-state index in [4.69, 9.17) is 0 Å². The van der Waals surface area contributed by atoms with E-state index in [0.717, 1.165) is 19.5 Å². The van der Waals surface area contributed by atoms with Crippen LogP contribution < -0.4 is 10.6 Å². The fraction of sp³-hybridized carbons (Fsp3) is 0.917. The summed E-state index contributed by atoms with van der Waals surface area (Å²) < 4.78 is 0. The molecule has 0 aromatic carbocycles. The molecule has 2 fully saturated rings. The van der Waals surface area contributed by atoms with Crippen LogP contribution in [0.25, 0.3) is 0 Å². The average Bonchev–Trinajstić information content (AvgIpc) is 2.60. The Bertz CT molecular complexity index is 267. The minimum atomic E-state index is 0.134. The van der Waals surface area contributed by atoms with Crippen molar-refractivity contribution in [1.29, 1.82) is 0 Å². The second-order valence-corrected chi connectivity index (χ2v) is 6.05. The van der Waals surface area contributed by atoms with Gasteiger partial charge in [-0.15, -0.1) is 0 Å². The van der Waals surface area contributed by atoms with Gasteiger partial charge in [0, 0.05) is 18.0 Å². The van der Waals surface area contributed by atoms with Crippen molar-refractivity contribution in [3.05, 3.63) is 0 Å². The van der Waals surface area contributed by atoms with E-state index in [2.05, 4.69) is 31.4 Å². The molecule has 0 aromatic heterocycles. The van der Waals surface area contributed by atoms with Crippen LogP contribution in [0.1, 0.15) is 40.0 Å². The lowest BCUT2D eigenvalue weighted by atomic mass is 10.0. The summed E-state index contributed by atoms with van der Waals surface area (Å²) in [6.07, 6.45) is 3.44. The molecule has 2 N–H and O–H groups in total. The van der Waals surface area contributed by atoms with Gasteiger partial charge >= 0.3 is 0 Å². The Labute approximate surface area is 92.0 Å². The Morgan fingerprint density at radius 1 is 1.47 bits per heavy atom. The van der Waals surface area contributed by atoms with Gasteiger partial charge in [0.1, 0.15) is 0 Å². The van der Waals surface area contributed by atoms with Gasteiger partial charge in [0.25, 0.3) is 0 Å². The van der Waals surface area contributed by atoms with E-state index in [0.29, 0.717) is 0 Å². The van der Waals surface area contributed by atoms with Crippen molar-refractivity contribution < 1.29 is 4.79 Å². The highest BCUT2D eigenvalue weighted by Gasteiger charge is 2.50. The molecule has 0 spiro atoms. The van der Waals surface area contributed by atoms with Gasteiger partial charge in [-0.3, -0.25) is 4.79 Å². The molecule has 3 nitrogen and oxygen atoms in total. The third kappa shape index (κ3) is 2.33. The summed E-state index contributed by atoms with van der Waals surface area (Å²) in [5.41, 5.74) is 0.378. The Morgan fingerprint density at radius 2 is 2.13 bits per heavy atom. The molecule has 2 unspecified atom stereocenters. The molecule has 1 aliphatic heterocycles. The van der Waals surface area contributed by atoms with Crippen molar-refractivity contribution >= 4 is 5.91 Å². The maximum Gasteiger partial charge on any atom is 0.223 e. The van der Waals surface area contributed by atoms with Crippen molar-refractivity contribution in [3.63, 3.8) is 0 Å². The first-order valence-electron chi connectivity index (χ1n) is 5.96. The predicted molar refractivity (Wildman–Crippen MR) is 60.5 cm³/mol. The second-order valence-electron chi connectivity index (χ2n) is 6.05. The number of hydrogen-bond donors (Lipinski definition) is 2. The van der Waals surface area contributed by atoms with Crippen LogP contribution in [0.15, 0.2) is 0 Å². The van der Waals surface area contributed by atoms with Crippen LogP contribution >= 0.6 is 0 Å². The van der Waals surface area contributed by atoms with Crippen molar-refractivity contribution in [2.75, 3.05) is 13.1 Å². The van der Waals surface area contributed by atoms with E-state index in [-0.39, 0.29) is 22.8 Å². The number of rotatable bonds is 3. The summed E-state index contributed by atoms with van der Waals surface area (Å²) in [5, 5.41) is 6.53. The SMILES string of the molecule is CC1(CNC(=O)C2CC2(C)C)CCCN1. The third-order valence-electron chi connectivity index (χ3n) is 3.94. The normalized spacial score (nSPS) is 37.7. The highest BCUT2D eigenvalue weighted by atomic mass is 16.2. The summed E-state index contributed by atoms with van der Waals surface area (Å²) in [6, 6.07) is 0. The highest BCUT2D eigenvalue weighted by molar-refractivity contribution is 5.82. The van der Waals surface area contributed by atoms with Crippen LogP contribution in [0.2, 0.25) is 0 Å². The average molecular weight is 210 g/mol. The molecule has 2 atom stereocenters. The van der Waals surface area contributed by atoms with Gasteiger partial charge < -0.3 is 10.6 Å². The molecular weight excluding hydrogens is 188 g/mol. The quantitative estimate of drug-likeness (QED) is 0.737. The van der Waals surface area contributed by atoms with Crippen LogP contribution in [-0.2, 0) is 4.79 Å². The van der Waals surface area contributed by atoms with Crippen molar-refractivity contribution in [3.8, 4) is 0 Å². The van der Waals surface area contributed by atoms with E-state index >= 15 is 0 Å². The molecule has 1 aliphatic carbocycles. The maximum absolute atomic E-state index is 11.8. The monoisotopic (exact) mass is 210 g/mol. The first-order chi connectivity index (χ1) is 6.93. The van der Waals surface area contributed by atoms with Crippen LogP contribution in [0, 0.1) is 11.3 Å². The van der Waals surface area contributed by atoms with Crippen molar-refractivity contribution in [2.45, 2.75) is 45.6 Å². The summed E-state index contributed by atoms with van der Waals surface area (Å²) >= 11 is 0. The lowest BCUT2D eigenvalue weighted by molar-refractivity contribution is -0.123. The highest BCUT2D eigenvalue weighted by Crippen LogP contribution is 2.51. The topological polar surface area (TPSA) is 41.1 Å². The van der Waals surface area contributed by atoms with Gasteiger partial charge in [0.05, 0.1) is 0 Å². The molecule has 1 amide bonds. The molecule has 2 rings (SSSR count). The molecule has 1 heterocycles. The molecule has 2 aliphatic rings. The fourth-order valence-electron chi connectivity index (χ4n) is 2.43. The van der Waals surface area contributed by atoms with E-state index in [9.17, 15) is 4.79 Å². The number of hydrogen-bond acceptors (Lipinski definition) is 2. The van der Waals surface area contributed by atoms with E-state index < -0.39 is 0 Å². The molecule has 0 bridgehead atoms. The van der Waals surface area contributed by atoms with Crippen LogP contribution in [-0.4, -0.2) is 24.5 Å². The molecule has 1 saturated heterocycles. The van der Waals surface area contributed by atoms with Crippen LogP contribution in [0.3, 0.4) is 0 Å². The molecule has 86 valence electrons. The first kappa shape index (κ1) is 10.9. The van der Waals surface area contributed by atoms with Crippen molar-refractivity contribution in [1.82, 2.24) is 10.6 Å². The van der Waals surface area contributed by atoms with Crippen LogP contribution in [0.4, 0.5) is 0 Å². The minimum absolute atomic E-state index is 0.134. The van der Waals surface area contributed by atoms with Gasteiger partial charge in [-0.2, -0.15) is 0 Å². The second kappa shape index (κ2) is 3.48. The van der Waals surface area contributed by atoms with E-state index in [1.807, 2.05) is 0 Å². The summed E-state index contributed by atoms with van der Waals surface area (Å²) in [7, 11) is 0. The fourth-order valence-corrected chi connectivity index (χ4v) is 2.43. The van der Waals surface area contributed by atoms with Crippen molar-refractivity contribution in [2.24, 2.45) is 11.3 Å². The number of carbonyl (C=O) groups is 1. The Hall–Kier alpha value is -0.570. The lowest BCUT2D eigenvalue weighted by Crippen LogP contribution is -2.47. The zero-order chi connectivity index (χ0) is 11.1. The summed E-state index contributed by atoms with van der Waals surface area (Å²) in [4.78, 5) is 11.8. The zero-order valence-electron chi connectivity index (χ0n) is 10.0. The smallest absolute Gasteiger partial charge is 0.223 e. The molecule has 3 heteroatoms. The number of carbonyl (C=O) groups excluding carboxylic acids is 1. The Kier molecular flexibility index (Phi) is 2.53. The summed E-state index contributed by atoms with van der Waals surface area (Å²) in [6.45, 7) is 8.37. The molecular formula is C12H22N2O.